The summed E-state index contributed by atoms with van der Waals surface area (Å²) in [5.41, 5.74) is 5.93. The second kappa shape index (κ2) is 5.97. The second-order valence-corrected chi connectivity index (χ2v) is 4.96. The van der Waals surface area contributed by atoms with Gasteiger partial charge < -0.3 is 16.2 Å². The first-order valence-corrected chi connectivity index (χ1v) is 6.22. The number of hydrogen-bond acceptors (Lipinski definition) is 3. The molecule has 0 aliphatic rings. The molecule has 1 amide bonds. The van der Waals surface area contributed by atoms with E-state index in [0.717, 1.165) is 0 Å². The average molecular weight is 315 g/mol. The van der Waals surface area contributed by atoms with Crippen LogP contribution >= 0.6 is 15.9 Å². The number of nitrogens with one attached hydrogen (secondary N) is 1. The summed E-state index contributed by atoms with van der Waals surface area (Å²) in [7, 11) is 0. The molecule has 0 radical (unpaired) electrons. The van der Waals surface area contributed by atoms with Crippen LogP contribution in [0.5, 0.6) is 0 Å². The maximum Gasteiger partial charge on any atom is 0.337 e. The quantitative estimate of drug-likeness (QED) is 0.793. The molecule has 5 nitrogen and oxygen atoms in total. The minimum atomic E-state index is -1.10. The van der Waals surface area contributed by atoms with Gasteiger partial charge in [-0.1, -0.05) is 13.0 Å². The highest BCUT2D eigenvalue weighted by Gasteiger charge is 2.21. The highest BCUT2D eigenvalue weighted by Crippen LogP contribution is 2.27. The van der Waals surface area contributed by atoms with Gasteiger partial charge in [0.1, 0.15) is 0 Å². The summed E-state index contributed by atoms with van der Waals surface area (Å²) in [6, 6.07) is 4.39. The van der Waals surface area contributed by atoms with E-state index in [1.54, 1.807) is 26.0 Å². The fraction of sp³-hybridized carbons (Fsp3) is 0.333. The largest absolute Gasteiger partial charge is 0.478 e. The van der Waals surface area contributed by atoms with Crippen molar-refractivity contribution in [3.05, 3.63) is 28.2 Å². The Balaban J connectivity index is 3.04. The van der Waals surface area contributed by atoms with Crippen LogP contribution in [0.4, 0.5) is 5.69 Å². The second-order valence-electron chi connectivity index (χ2n) is 4.10. The van der Waals surface area contributed by atoms with E-state index in [9.17, 15) is 9.59 Å². The van der Waals surface area contributed by atoms with Crippen LogP contribution in [0.2, 0.25) is 0 Å². The number of para-hydroxylation sites is 1. The van der Waals surface area contributed by atoms with E-state index in [0.29, 0.717) is 4.47 Å². The Hall–Kier alpha value is -1.40. The standard InChI is InChI=1S/C12H15BrN2O3/c1-6(7(2)14)11(16)15-10-8(12(17)18)4-3-5-9(10)13/h3-7H,14H2,1-2H3,(H,15,16)(H,17,18). The fourth-order valence-electron chi connectivity index (χ4n) is 1.31. The third-order valence-corrected chi connectivity index (χ3v) is 3.36. The third kappa shape index (κ3) is 3.30. The van der Waals surface area contributed by atoms with Gasteiger partial charge in [-0.2, -0.15) is 0 Å². The maximum atomic E-state index is 11.9. The summed E-state index contributed by atoms with van der Waals surface area (Å²) in [5, 5.41) is 11.6. The van der Waals surface area contributed by atoms with Gasteiger partial charge in [0, 0.05) is 10.5 Å². The molecule has 0 saturated heterocycles. The summed E-state index contributed by atoms with van der Waals surface area (Å²) >= 11 is 3.22. The number of hydrogen-bond donors (Lipinski definition) is 3. The van der Waals surface area contributed by atoms with Crippen LogP contribution in [0, 0.1) is 5.92 Å². The zero-order valence-corrected chi connectivity index (χ0v) is 11.7. The van der Waals surface area contributed by atoms with Crippen LogP contribution in [-0.4, -0.2) is 23.0 Å². The molecule has 0 heterocycles. The van der Waals surface area contributed by atoms with Crippen molar-refractivity contribution in [2.24, 2.45) is 11.7 Å². The smallest absolute Gasteiger partial charge is 0.337 e. The van der Waals surface area contributed by atoms with Crippen molar-refractivity contribution in [1.82, 2.24) is 0 Å². The first-order valence-electron chi connectivity index (χ1n) is 5.42. The van der Waals surface area contributed by atoms with Gasteiger partial charge in [0.15, 0.2) is 0 Å². The fourth-order valence-corrected chi connectivity index (χ4v) is 1.77. The molecule has 1 aromatic rings. The van der Waals surface area contributed by atoms with E-state index < -0.39 is 11.9 Å². The molecular weight excluding hydrogens is 300 g/mol. The molecule has 6 heteroatoms. The zero-order valence-electron chi connectivity index (χ0n) is 10.1. The van der Waals surface area contributed by atoms with Crippen LogP contribution in [0.25, 0.3) is 0 Å². The number of amides is 1. The SMILES string of the molecule is CC(N)C(C)C(=O)Nc1c(Br)cccc1C(=O)O. The summed E-state index contributed by atoms with van der Waals surface area (Å²) < 4.78 is 0.521. The number of halogens is 1. The van der Waals surface area contributed by atoms with Crippen molar-refractivity contribution in [3.8, 4) is 0 Å². The van der Waals surface area contributed by atoms with Crippen LogP contribution in [0.3, 0.4) is 0 Å². The van der Waals surface area contributed by atoms with Gasteiger partial charge in [-0.3, -0.25) is 4.79 Å². The molecule has 0 aliphatic heterocycles. The number of anilines is 1. The van der Waals surface area contributed by atoms with Crippen molar-refractivity contribution in [3.63, 3.8) is 0 Å². The highest BCUT2D eigenvalue weighted by atomic mass is 79.9. The molecular formula is C12H15BrN2O3. The Morgan fingerprint density at radius 1 is 1.39 bits per heavy atom. The Morgan fingerprint density at radius 3 is 2.50 bits per heavy atom. The van der Waals surface area contributed by atoms with Crippen molar-refractivity contribution >= 4 is 33.5 Å². The molecule has 0 bridgehead atoms. The van der Waals surface area contributed by atoms with Gasteiger partial charge in [0.05, 0.1) is 17.2 Å². The van der Waals surface area contributed by atoms with Crippen molar-refractivity contribution < 1.29 is 14.7 Å². The Labute approximate surface area is 113 Å². The summed E-state index contributed by atoms with van der Waals surface area (Å²) in [6.07, 6.45) is 0. The molecule has 0 aromatic heterocycles. The monoisotopic (exact) mass is 314 g/mol. The number of carboxylic acids is 1. The van der Waals surface area contributed by atoms with Gasteiger partial charge in [-0.15, -0.1) is 0 Å². The molecule has 0 aliphatic carbocycles. The van der Waals surface area contributed by atoms with Gasteiger partial charge in [-0.05, 0) is 35.0 Å². The lowest BCUT2D eigenvalue weighted by Gasteiger charge is -2.17. The summed E-state index contributed by atoms with van der Waals surface area (Å²) in [5.74, 6) is -1.81. The summed E-state index contributed by atoms with van der Waals surface area (Å²) in [4.78, 5) is 22.9. The first kappa shape index (κ1) is 14.7. The number of rotatable bonds is 4. The minimum absolute atomic E-state index is 0.0367. The number of nitrogens with two attached hydrogens (primary N) is 1. The Morgan fingerprint density at radius 2 is 2.00 bits per heavy atom. The third-order valence-electron chi connectivity index (χ3n) is 2.69. The van der Waals surface area contributed by atoms with E-state index >= 15 is 0 Å². The number of aromatic carboxylic acids is 1. The molecule has 0 saturated carbocycles. The topological polar surface area (TPSA) is 92.4 Å². The number of carbonyl (C=O) groups excluding carboxylic acids is 1. The van der Waals surface area contributed by atoms with E-state index in [1.165, 1.54) is 6.07 Å². The lowest BCUT2D eigenvalue weighted by Crippen LogP contribution is -2.34. The number of carbonyl (C=O) groups is 2. The lowest BCUT2D eigenvalue weighted by molar-refractivity contribution is -0.119. The van der Waals surface area contributed by atoms with E-state index in [4.69, 9.17) is 10.8 Å². The van der Waals surface area contributed by atoms with Crippen molar-refractivity contribution in [1.29, 1.82) is 0 Å². The molecule has 0 spiro atoms. The Kier molecular flexibility index (Phi) is 4.86. The molecule has 0 fully saturated rings. The van der Waals surface area contributed by atoms with Crippen LogP contribution in [0.15, 0.2) is 22.7 Å². The van der Waals surface area contributed by atoms with Gasteiger partial charge in [-0.25, -0.2) is 4.79 Å². The predicted octanol–water partition coefficient (Wildman–Crippen LogP) is 2.07. The molecule has 98 valence electrons. The summed E-state index contributed by atoms with van der Waals surface area (Å²) in [6.45, 7) is 3.42. The number of carboxylic acid groups (broad SMARTS) is 1. The Bertz CT molecular complexity index is 474. The highest BCUT2D eigenvalue weighted by molar-refractivity contribution is 9.10. The molecule has 18 heavy (non-hydrogen) atoms. The molecule has 2 unspecified atom stereocenters. The molecule has 1 rings (SSSR count). The van der Waals surface area contributed by atoms with Crippen LogP contribution in [0.1, 0.15) is 24.2 Å². The van der Waals surface area contributed by atoms with Crippen molar-refractivity contribution in [2.75, 3.05) is 5.32 Å². The molecule has 1 aromatic carbocycles. The molecule has 2 atom stereocenters. The normalized spacial score (nSPS) is 13.8. The van der Waals surface area contributed by atoms with Gasteiger partial charge in [0.2, 0.25) is 5.91 Å². The average Bonchev–Trinajstić information content (AvgIpc) is 2.30. The van der Waals surface area contributed by atoms with Crippen molar-refractivity contribution in [2.45, 2.75) is 19.9 Å². The van der Waals surface area contributed by atoms with E-state index in [1.807, 2.05) is 0 Å². The first-order chi connectivity index (χ1) is 8.34. The lowest BCUT2D eigenvalue weighted by atomic mass is 10.0. The van der Waals surface area contributed by atoms with Gasteiger partial charge in [0.25, 0.3) is 0 Å². The number of benzene rings is 1. The predicted molar refractivity (Wildman–Crippen MR) is 72.5 cm³/mol. The van der Waals surface area contributed by atoms with E-state index in [-0.39, 0.29) is 23.2 Å². The van der Waals surface area contributed by atoms with Crippen LogP contribution in [-0.2, 0) is 4.79 Å². The maximum absolute atomic E-state index is 11.9. The van der Waals surface area contributed by atoms with E-state index in [2.05, 4.69) is 21.2 Å². The minimum Gasteiger partial charge on any atom is -0.478 e. The zero-order chi connectivity index (χ0) is 13.9. The molecule has 4 N–H and O–H groups in total. The van der Waals surface area contributed by atoms with Crippen LogP contribution < -0.4 is 11.1 Å². The van der Waals surface area contributed by atoms with Gasteiger partial charge >= 0.3 is 5.97 Å².